The number of hydrogen-bond acceptors (Lipinski definition) is 4. The van der Waals surface area contributed by atoms with Crippen LogP contribution in [0.3, 0.4) is 0 Å². The van der Waals surface area contributed by atoms with Crippen molar-refractivity contribution in [1.29, 1.82) is 0 Å². The van der Waals surface area contributed by atoms with E-state index in [1.807, 2.05) is 6.07 Å². The molecule has 8 heteroatoms. The number of benzene rings is 1. The van der Waals surface area contributed by atoms with E-state index in [0.29, 0.717) is 27.8 Å². The summed E-state index contributed by atoms with van der Waals surface area (Å²) in [6.45, 7) is 0.724. The fourth-order valence-corrected chi connectivity index (χ4v) is 3.38. The van der Waals surface area contributed by atoms with Gasteiger partial charge < -0.3 is 9.29 Å². The van der Waals surface area contributed by atoms with Gasteiger partial charge in [0.1, 0.15) is 11.6 Å². The molecule has 1 fully saturated rings. The largest absolute Gasteiger partial charge is 0.609 e. The summed E-state index contributed by atoms with van der Waals surface area (Å²) in [5, 5.41) is 0.321. The number of pyridine rings is 1. The van der Waals surface area contributed by atoms with Gasteiger partial charge >= 0.3 is 34.7 Å². The summed E-state index contributed by atoms with van der Waals surface area (Å²) < 4.78 is 31.4. The Hall–Kier alpha value is -1.12. The van der Waals surface area contributed by atoms with Crippen molar-refractivity contribution in [3.63, 3.8) is 0 Å². The van der Waals surface area contributed by atoms with Crippen LogP contribution >= 0.6 is 0 Å². The third-order valence-electron chi connectivity index (χ3n) is 3.89. The van der Waals surface area contributed by atoms with Gasteiger partial charge in [0.05, 0.1) is 23.3 Å². The summed E-state index contributed by atoms with van der Waals surface area (Å²) in [6.07, 6.45) is 4.12. The van der Waals surface area contributed by atoms with Gasteiger partial charge in [-0.25, -0.2) is 4.39 Å². The van der Waals surface area contributed by atoms with Gasteiger partial charge in [0.15, 0.2) is 5.75 Å². The smallest absolute Gasteiger partial charge is 0.322 e. The van der Waals surface area contributed by atoms with Crippen LogP contribution in [0.25, 0.3) is 11.0 Å². The second kappa shape index (κ2) is 8.05. The molecule has 1 N–H and O–H groups in total. The van der Waals surface area contributed by atoms with E-state index in [4.69, 9.17) is 4.74 Å². The second-order valence-corrected chi connectivity index (χ2v) is 7.30. The van der Waals surface area contributed by atoms with Gasteiger partial charge in [-0.1, -0.05) is 0 Å². The fraction of sp³-hybridized carbons (Fsp3) is 0.294. The molecule has 1 atom stereocenters. The molecule has 4 rings (SSSR count). The summed E-state index contributed by atoms with van der Waals surface area (Å²) in [5.41, 5.74) is 1.80. The van der Waals surface area contributed by atoms with Crippen molar-refractivity contribution in [2.24, 2.45) is 5.92 Å². The number of nitrogens with one attached hydrogen (secondary N) is 1. The van der Waals surface area contributed by atoms with Crippen molar-refractivity contribution in [3.05, 3.63) is 48.0 Å². The summed E-state index contributed by atoms with van der Waals surface area (Å²) in [4.78, 5) is 11.4. The summed E-state index contributed by atoms with van der Waals surface area (Å²) >= 11 is -1.39. The van der Waals surface area contributed by atoms with Crippen molar-refractivity contribution < 1.29 is 13.7 Å². The molecule has 1 aromatic carbocycles. The van der Waals surface area contributed by atoms with Crippen LogP contribution < -0.4 is 4.74 Å². The standard InChI is InChI=1S/C17H16FN3O2S.Na.H/c18-12-3-4-15-16(7-12)21-17(20-15)24(22)10-13-8-14(5-6-19-13)23-9-11-1-2-11;;/h3-8,11H,1-2,9-10H2,(H,20,21);;. The van der Waals surface area contributed by atoms with Gasteiger partial charge in [0.2, 0.25) is 0 Å². The molecular formula is C17H17FN3NaO2S. The molecule has 0 amide bonds. The minimum atomic E-state index is -1.39. The molecule has 1 aliphatic rings. The molecule has 5 nitrogen and oxygen atoms in total. The van der Waals surface area contributed by atoms with Gasteiger partial charge in [-0.3, -0.25) is 9.97 Å². The van der Waals surface area contributed by atoms with Crippen LogP contribution in [0.4, 0.5) is 4.39 Å². The number of H-pyrrole nitrogens is 1. The maximum Gasteiger partial charge on any atom is 0.322 e. The van der Waals surface area contributed by atoms with E-state index in [1.54, 1.807) is 18.3 Å². The Balaban J connectivity index is 0.00000182. The number of fused-ring (bicyclic) bond motifs is 1. The molecule has 0 bridgehead atoms. The number of ether oxygens (including phenoxy) is 1. The molecule has 126 valence electrons. The van der Waals surface area contributed by atoms with Crippen molar-refractivity contribution >= 4 is 51.8 Å². The fourth-order valence-electron chi connectivity index (χ4n) is 2.39. The van der Waals surface area contributed by atoms with Gasteiger partial charge in [0.25, 0.3) is 0 Å². The third kappa shape index (κ3) is 4.74. The van der Waals surface area contributed by atoms with Gasteiger partial charge in [-0.2, -0.15) is 4.98 Å². The van der Waals surface area contributed by atoms with Crippen LogP contribution in [0.5, 0.6) is 5.75 Å². The van der Waals surface area contributed by atoms with Crippen LogP contribution in [0.15, 0.2) is 41.7 Å². The molecular weight excluding hydrogens is 352 g/mol. The molecule has 2 heterocycles. The van der Waals surface area contributed by atoms with E-state index in [1.165, 1.54) is 25.0 Å². The van der Waals surface area contributed by atoms with Crippen molar-refractivity contribution in [3.8, 4) is 5.75 Å². The van der Waals surface area contributed by atoms with Crippen molar-refractivity contribution in [2.75, 3.05) is 6.61 Å². The van der Waals surface area contributed by atoms with Crippen molar-refractivity contribution in [1.82, 2.24) is 15.0 Å². The first-order chi connectivity index (χ1) is 11.7. The SMILES string of the molecule is [NaH].[O-][S+](Cc1cc(OCC2CC2)ccn1)c1nc2cc(F)ccc2[nH]1. The molecule has 0 radical (unpaired) electrons. The number of aromatic amines is 1. The topological polar surface area (TPSA) is 73.9 Å². The Kier molecular flexibility index (Phi) is 6.01. The number of nitrogens with zero attached hydrogens (tertiary/aromatic N) is 2. The maximum atomic E-state index is 13.2. The Morgan fingerprint density at radius 2 is 2.12 bits per heavy atom. The normalized spacial score (nSPS) is 15.0. The average Bonchev–Trinajstić information content (AvgIpc) is 3.31. The molecule has 25 heavy (non-hydrogen) atoms. The third-order valence-corrected chi connectivity index (χ3v) is 5.07. The molecule has 1 aliphatic carbocycles. The second-order valence-electron chi connectivity index (χ2n) is 5.93. The minimum Gasteiger partial charge on any atom is -0.609 e. The van der Waals surface area contributed by atoms with Gasteiger partial charge in [-0.05, 0) is 37.0 Å². The van der Waals surface area contributed by atoms with E-state index in [0.717, 1.165) is 12.4 Å². The molecule has 0 saturated heterocycles. The van der Waals surface area contributed by atoms with Crippen LogP contribution in [-0.4, -0.2) is 55.7 Å². The van der Waals surface area contributed by atoms with E-state index in [-0.39, 0.29) is 41.1 Å². The summed E-state index contributed by atoms with van der Waals surface area (Å²) in [6, 6.07) is 7.86. The first-order valence-electron chi connectivity index (χ1n) is 7.79. The Morgan fingerprint density at radius 3 is 2.92 bits per heavy atom. The number of hydrogen-bond donors (Lipinski definition) is 1. The van der Waals surface area contributed by atoms with Crippen molar-refractivity contribution in [2.45, 2.75) is 23.8 Å². The van der Waals surface area contributed by atoms with Crippen LogP contribution in [0, 0.1) is 11.7 Å². The Bertz CT molecular complexity index is 872. The van der Waals surface area contributed by atoms with Gasteiger partial charge in [0, 0.05) is 29.5 Å². The van der Waals surface area contributed by atoms with Crippen LogP contribution in [0.1, 0.15) is 18.5 Å². The van der Waals surface area contributed by atoms with E-state index in [2.05, 4.69) is 15.0 Å². The van der Waals surface area contributed by atoms with Gasteiger partial charge in [-0.15, -0.1) is 0 Å². The number of imidazole rings is 1. The molecule has 0 spiro atoms. The average molecular weight is 369 g/mol. The zero-order valence-corrected chi connectivity index (χ0v) is 13.7. The number of halogens is 1. The molecule has 0 aliphatic heterocycles. The molecule has 2 aromatic heterocycles. The predicted molar refractivity (Wildman–Crippen MR) is 95.8 cm³/mol. The van der Waals surface area contributed by atoms with E-state index >= 15 is 0 Å². The van der Waals surface area contributed by atoms with E-state index in [9.17, 15) is 8.94 Å². The quantitative estimate of drug-likeness (QED) is 0.535. The Labute approximate surface area is 169 Å². The molecule has 3 aromatic rings. The monoisotopic (exact) mass is 369 g/mol. The first-order valence-corrected chi connectivity index (χ1v) is 9.10. The van der Waals surface area contributed by atoms with Crippen LogP contribution in [0.2, 0.25) is 0 Å². The molecule has 1 unspecified atom stereocenters. The maximum absolute atomic E-state index is 13.2. The zero-order chi connectivity index (χ0) is 16.5. The summed E-state index contributed by atoms with van der Waals surface area (Å²) in [7, 11) is 0. The zero-order valence-electron chi connectivity index (χ0n) is 12.9. The van der Waals surface area contributed by atoms with E-state index < -0.39 is 11.2 Å². The predicted octanol–water partition coefficient (Wildman–Crippen LogP) is 2.55. The number of aromatic nitrogens is 3. The Morgan fingerprint density at radius 1 is 1.28 bits per heavy atom. The summed E-state index contributed by atoms with van der Waals surface area (Å²) in [5.74, 6) is 1.28. The van der Waals surface area contributed by atoms with Crippen LogP contribution in [-0.2, 0) is 16.9 Å². The molecule has 1 saturated carbocycles. The number of rotatable bonds is 6. The first kappa shape index (κ1) is 18.7. The minimum absolute atomic E-state index is 0.